The van der Waals surface area contributed by atoms with E-state index in [4.69, 9.17) is 23.2 Å². The standard InChI is InChI=1S/C10H14Cl2O/c1-3-10(4-2)7(5-8(10)13)6-9(11)12/h6-7H,3-5H2,1-2H3. The molecule has 1 atom stereocenters. The van der Waals surface area contributed by atoms with E-state index in [1.807, 2.05) is 13.8 Å². The Bertz CT molecular complexity index is 237. The number of carbonyl (C=O) groups is 1. The van der Waals surface area contributed by atoms with Crippen LogP contribution >= 0.6 is 23.2 Å². The van der Waals surface area contributed by atoms with E-state index in [1.165, 1.54) is 0 Å². The van der Waals surface area contributed by atoms with Crippen molar-refractivity contribution < 1.29 is 4.79 Å². The average Bonchev–Trinajstić information content (AvgIpc) is 2.05. The van der Waals surface area contributed by atoms with Crippen LogP contribution in [-0.2, 0) is 4.79 Å². The Morgan fingerprint density at radius 3 is 2.38 bits per heavy atom. The zero-order chi connectivity index (χ0) is 10.1. The van der Waals surface area contributed by atoms with Gasteiger partial charge in [0, 0.05) is 11.8 Å². The summed E-state index contributed by atoms with van der Waals surface area (Å²) in [6.07, 6.45) is 4.16. The third-order valence-corrected chi connectivity index (χ3v) is 3.51. The second-order valence-corrected chi connectivity index (χ2v) is 4.56. The first kappa shape index (κ1) is 11.1. The van der Waals surface area contributed by atoms with E-state index in [-0.39, 0.29) is 15.8 Å². The van der Waals surface area contributed by atoms with Crippen LogP contribution in [0.4, 0.5) is 0 Å². The lowest BCUT2D eigenvalue weighted by Gasteiger charge is -2.45. The molecule has 1 aliphatic rings. The Morgan fingerprint density at radius 2 is 2.08 bits per heavy atom. The van der Waals surface area contributed by atoms with Crippen LogP contribution in [-0.4, -0.2) is 5.78 Å². The molecule has 0 aromatic heterocycles. The summed E-state index contributed by atoms with van der Waals surface area (Å²) in [6, 6.07) is 0. The molecule has 1 nitrogen and oxygen atoms in total. The molecule has 0 saturated heterocycles. The summed E-state index contributed by atoms with van der Waals surface area (Å²) in [5.74, 6) is 0.605. The Morgan fingerprint density at radius 1 is 1.54 bits per heavy atom. The minimum Gasteiger partial charge on any atom is -0.299 e. The van der Waals surface area contributed by atoms with Crippen LogP contribution in [0.15, 0.2) is 10.6 Å². The quantitative estimate of drug-likeness (QED) is 0.710. The SMILES string of the molecule is CCC1(CC)C(=O)CC1C=C(Cl)Cl. The molecule has 1 unspecified atom stereocenters. The van der Waals surface area contributed by atoms with Gasteiger partial charge in [-0.15, -0.1) is 0 Å². The highest BCUT2D eigenvalue weighted by Gasteiger charge is 2.50. The van der Waals surface area contributed by atoms with Crippen LogP contribution in [0.5, 0.6) is 0 Å². The molecule has 0 bridgehead atoms. The topological polar surface area (TPSA) is 17.1 Å². The Kier molecular flexibility index (Phi) is 3.42. The van der Waals surface area contributed by atoms with Gasteiger partial charge in [0.1, 0.15) is 10.3 Å². The minimum atomic E-state index is -0.172. The maximum Gasteiger partial charge on any atom is 0.140 e. The number of rotatable bonds is 3. The molecular weight excluding hydrogens is 207 g/mol. The molecule has 0 heterocycles. The van der Waals surface area contributed by atoms with Crippen molar-refractivity contribution in [1.82, 2.24) is 0 Å². The number of hydrogen-bond donors (Lipinski definition) is 0. The molecule has 1 saturated carbocycles. The van der Waals surface area contributed by atoms with E-state index in [0.29, 0.717) is 12.2 Å². The Labute approximate surface area is 89.1 Å². The number of hydrogen-bond acceptors (Lipinski definition) is 1. The van der Waals surface area contributed by atoms with Gasteiger partial charge in [-0.05, 0) is 24.8 Å². The van der Waals surface area contributed by atoms with Gasteiger partial charge in [0.15, 0.2) is 0 Å². The molecule has 0 radical (unpaired) electrons. The lowest BCUT2D eigenvalue weighted by molar-refractivity contribution is -0.143. The van der Waals surface area contributed by atoms with Crippen LogP contribution in [0.25, 0.3) is 0 Å². The van der Waals surface area contributed by atoms with Crippen molar-refractivity contribution in [3.8, 4) is 0 Å². The zero-order valence-electron chi connectivity index (χ0n) is 7.94. The lowest BCUT2D eigenvalue weighted by Crippen LogP contribution is -2.48. The van der Waals surface area contributed by atoms with Crippen LogP contribution in [0.1, 0.15) is 33.1 Å². The highest BCUT2D eigenvalue weighted by atomic mass is 35.5. The molecular formula is C10H14Cl2O. The van der Waals surface area contributed by atoms with Gasteiger partial charge >= 0.3 is 0 Å². The fraction of sp³-hybridized carbons (Fsp3) is 0.700. The first-order valence-corrected chi connectivity index (χ1v) is 5.38. The maximum absolute atomic E-state index is 11.5. The molecule has 0 aromatic rings. The smallest absolute Gasteiger partial charge is 0.140 e. The van der Waals surface area contributed by atoms with Gasteiger partial charge < -0.3 is 0 Å². The van der Waals surface area contributed by atoms with Gasteiger partial charge in [0.25, 0.3) is 0 Å². The van der Waals surface area contributed by atoms with Crippen LogP contribution in [0.3, 0.4) is 0 Å². The molecule has 1 aliphatic carbocycles. The second-order valence-electron chi connectivity index (χ2n) is 3.55. The highest BCUT2D eigenvalue weighted by Crippen LogP contribution is 2.50. The van der Waals surface area contributed by atoms with Crippen LogP contribution < -0.4 is 0 Å². The molecule has 74 valence electrons. The Balaban J connectivity index is 2.81. The van der Waals surface area contributed by atoms with Crippen molar-refractivity contribution in [3.05, 3.63) is 10.6 Å². The van der Waals surface area contributed by atoms with Crippen molar-refractivity contribution in [1.29, 1.82) is 0 Å². The monoisotopic (exact) mass is 220 g/mol. The fourth-order valence-corrected chi connectivity index (χ4v) is 2.52. The van der Waals surface area contributed by atoms with Crippen molar-refractivity contribution in [2.24, 2.45) is 11.3 Å². The van der Waals surface area contributed by atoms with Gasteiger partial charge in [0.2, 0.25) is 0 Å². The van der Waals surface area contributed by atoms with E-state index in [1.54, 1.807) is 6.08 Å². The summed E-state index contributed by atoms with van der Waals surface area (Å²) in [7, 11) is 0. The van der Waals surface area contributed by atoms with Crippen molar-refractivity contribution >= 4 is 29.0 Å². The normalized spacial score (nSPS) is 25.2. The van der Waals surface area contributed by atoms with E-state index < -0.39 is 0 Å². The molecule has 0 aliphatic heterocycles. The highest BCUT2D eigenvalue weighted by molar-refractivity contribution is 6.55. The number of allylic oxidation sites excluding steroid dienone is 1. The van der Waals surface area contributed by atoms with Crippen LogP contribution in [0.2, 0.25) is 0 Å². The van der Waals surface area contributed by atoms with E-state index in [2.05, 4.69) is 0 Å². The minimum absolute atomic E-state index is 0.172. The van der Waals surface area contributed by atoms with E-state index in [9.17, 15) is 4.79 Å². The Hall–Kier alpha value is -0.0100. The average molecular weight is 221 g/mol. The van der Waals surface area contributed by atoms with Gasteiger partial charge in [-0.3, -0.25) is 4.79 Å². The number of halogens is 2. The first-order chi connectivity index (χ1) is 6.06. The van der Waals surface area contributed by atoms with Gasteiger partial charge in [0.05, 0.1) is 0 Å². The summed E-state index contributed by atoms with van der Waals surface area (Å²) in [5, 5.41) is 0. The number of ketones is 1. The van der Waals surface area contributed by atoms with Crippen molar-refractivity contribution in [2.75, 3.05) is 0 Å². The summed E-state index contributed by atoms with van der Waals surface area (Å²) in [5.41, 5.74) is -0.172. The van der Waals surface area contributed by atoms with Gasteiger partial charge in [-0.25, -0.2) is 0 Å². The lowest BCUT2D eigenvalue weighted by atomic mass is 9.56. The largest absolute Gasteiger partial charge is 0.299 e. The van der Waals surface area contributed by atoms with Gasteiger partial charge in [-0.1, -0.05) is 37.0 Å². The summed E-state index contributed by atoms with van der Waals surface area (Å²) in [6.45, 7) is 4.09. The first-order valence-electron chi connectivity index (χ1n) is 4.63. The molecule has 0 aromatic carbocycles. The molecule has 1 rings (SSSR count). The van der Waals surface area contributed by atoms with Gasteiger partial charge in [-0.2, -0.15) is 0 Å². The second kappa shape index (κ2) is 4.02. The summed E-state index contributed by atoms with van der Waals surface area (Å²) in [4.78, 5) is 11.5. The molecule has 1 fully saturated rings. The summed E-state index contributed by atoms with van der Waals surface area (Å²) >= 11 is 11.2. The molecule has 13 heavy (non-hydrogen) atoms. The number of carbonyl (C=O) groups excluding carboxylic acids is 1. The van der Waals surface area contributed by atoms with Crippen LogP contribution in [0, 0.1) is 11.3 Å². The molecule has 3 heteroatoms. The predicted molar refractivity (Wildman–Crippen MR) is 55.9 cm³/mol. The summed E-state index contributed by atoms with van der Waals surface area (Å²) < 4.78 is 0.281. The van der Waals surface area contributed by atoms with Crippen molar-refractivity contribution in [3.63, 3.8) is 0 Å². The third-order valence-electron chi connectivity index (χ3n) is 3.26. The molecule has 0 spiro atoms. The van der Waals surface area contributed by atoms with Crippen molar-refractivity contribution in [2.45, 2.75) is 33.1 Å². The third kappa shape index (κ3) is 1.77. The maximum atomic E-state index is 11.5. The molecule has 0 N–H and O–H groups in total. The van der Waals surface area contributed by atoms with E-state index in [0.717, 1.165) is 12.8 Å². The number of Topliss-reactive ketones (excluding diaryl/α,β-unsaturated/α-hetero) is 1. The fourth-order valence-electron chi connectivity index (χ4n) is 2.21. The predicted octanol–water partition coefficient (Wildman–Crippen LogP) is 3.70. The zero-order valence-corrected chi connectivity index (χ0v) is 9.45. The van der Waals surface area contributed by atoms with E-state index >= 15 is 0 Å². The molecule has 0 amide bonds.